The van der Waals surface area contributed by atoms with Gasteiger partial charge in [-0.1, -0.05) is 20.3 Å². The smallest absolute Gasteiger partial charge is 0.0603 e. The minimum atomic E-state index is 0.492. The van der Waals surface area contributed by atoms with Crippen LogP contribution in [0.4, 0.5) is 5.69 Å². The van der Waals surface area contributed by atoms with Crippen LogP contribution < -0.4 is 5.32 Å². The van der Waals surface area contributed by atoms with E-state index in [4.69, 9.17) is 0 Å². The summed E-state index contributed by atoms with van der Waals surface area (Å²) in [5.41, 5.74) is 2.79. The summed E-state index contributed by atoms with van der Waals surface area (Å²) in [6.07, 6.45) is 7.10. The Hall–Kier alpha value is -1.05. The van der Waals surface area contributed by atoms with Crippen LogP contribution in [0.1, 0.15) is 45.2 Å². The first-order valence-electron chi connectivity index (χ1n) is 6.25. The summed E-state index contributed by atoms with van der Waals surface area (Å²) in [4.78, 5) is 4.32. The second-order valence-corrected chi connectivity index (χ2v) is 5.74. The number of aryl methyl sites for hydroxylation is 1. The van der Waals surface area contributed by atoms with Gasteiger partial charge in [0.25, 0.3) is 0 Å². The van der Waals surface area contributed by atoms with Gasteiger partial charge in [-0.05, 0) is 43.7 Å². The van der Waals surface area contributed by atoms with Crippen molar-refractivity contribution in [3.8, 4) is 0 Å². The maximum Gasteiger partial charge on any atom is 0.0603 e. The zero-order valence-corrected chi connectivity index (χ0v) is 10.6. The minimum absolute atomic E-state index is 0.492. The fourth-order valence-corrected chi connectivity index (χ4v) is 2.68. The summed E-state index contributed by atoms with van der Waals surface area (Å²) in [6, 6.07) is 4.75. The molecule has 2 nitrogen and oxygen atoms in total. The van der Waals surface area contributed by atoms with E-state index in [1.165, 1.54) is 31.4 Å². The van der Waals surface area contributed by atoms with Crippen molar-refractivity contribution in [1.82, 2.24) is 4.98 Å². The molecule has 1 atom stereocenters. The molecule has 1 saturated carbocycles. The average molecular weight is 218 g/mol. The Bertz CT molecular complexity index is 358. The molecule has 0 bridgehead atoms. The molecule has 88 valence electrons. The van der Waals surface area contributed by atoms with E-state index >= 15 is 0 Å². The van der Waals surface area contributed by atoms with Crippen molar-refractivity contribution in [3.05, 3.63) is 24.0 Å². The molecular weight excluding hydrogens is 196 g/mol. The van der Waals surface area contributed by atoms with Crippen molar-refractivity contribution in [1.29, 1.82) is 0 Å². The minimum Gasteiger partial charge on any atom is -0.381 e. The first kappa shape index (κ1) is 11.4. The van der Waals surface area contributed by atoms with Crippen molar-refractivity contribution in [2.75, 3.05) is 5.32 Å². The van der Waals surface area contributed by atoms with Crippen LogP contribution in [-0.4, -0.2) is 11.0 Å². The maximum absolute atomic E-state index is 4.32. The van der Waals surface area contributed by atoms with E-state index in [0.717, 1.165) is 5.69 Å². The van der Waals surface area contributed by atoms with Gasteiger partial charge in [0.05, 0.1) is 11.4 Å². The van der Waals surface area contributed by atoms with Crippen LogP contribution in [0.25, 0.3) is 0 Å². The third-order valence-corrected chi connectivity index (χ3v) is 3.57. The first-order chi connectivity index (χ1) is 7.57. The molecular formula is C14H22N2. The third kappa shape index (κ3) is 2.75. The molecule has 0 aliphatic heterocycles. The standard InChI is InChI=1S/C14H22N2/c1-11-13(7-5-9-15-11)16-12-6-4-8-14(2,3)10-12/h5,7,9,12,16H,4,6,8,10H2,1-3H3. The van der Waals surface area contributed by atoms with E-state index in [2.05, 4.69) is 37.1 Å². The largest absolute Gasteiger partial charge is 0.381 e. The van der Waals surface area contributed by atoms with Crippen LogP contribution >= 0.6 is 0 Å². The van der Waals surface area contributed by atoms with Gasteiger partial charge in [0, 0.05) is 12.2 Å². The molecule has 0 radical (unpaired) electrons. The molecule has 16 heavy (non-hydrogen) atoms. The van der Waals surface area contributed by atoms with E-state index in [1.807, 2.05) is 12.3 Å². The Morgan fingerprint density at radius 3 is 2.94 bits per heavy atom. The molecule has 2 rings (SSSR count). The lowest BCUT2D eigenvalue weighted by Crippen LogP contribution is -2.32. The van der Waals surface area contributed by atoms with Gasteiger partial charge in [-0.3, -0.25) is 4.98 Å². The fourth-order valence-electron chi connectivity index (χ4n) is 2.68. The quantitative estimate of drug-likeness (QED) is 0.817. The zero-order valence-electron chi connectivity index (χ0n) is 10.6. The maximum atomic E-state index is 4.32. The molecule has 0 saturated heterocycles. The van der Waals surface area contributed by atoms with Crippen molar-refractivity contribution in [2.45, 2.75) is 52.5 Å². The molecule has 0 amide bonds. The molecule has 1 heterocycles. The van der Waals surface area contributed by atoms with E-state index in [-0.39, 0.29) is 0 Å². The monoisotopic (exact) mass is 218 g/mol. The molecule has 0 aromatic carbocycles. The predicted octanol–water partition coefficient (Wildman–Crippen LogP) is 3.77. The van der Waals surface area contributed by atoms with Gasteiger partial charge < -0.3 is 5.32 Å². The number of aromatic nitrogens is 1. The highest BCUT2D eigenvalue weighted by molar-refractivity contribution is 5.47. The Balaban J connectivity index is 2.02. The normalized spacial score (nSPS) is 24.1. The molecule has 1 unspecified atom stereocenters. The van der Waals surface area contributed by atoms with E-state index < -0.39 is 0 Å². The zero-order chi connectivity index (χ0) is 11.6. The lowest BCUT2D eigenvalue weighted by molar-refractivity contribution is 0.229. The van der Waals surface area contributed by atoms with Crippen LogP contribution in [0, 0.1) is 12.3 Å². The van der Waals surface area contributed by atoms with Gasteiger partial charge >= 0.3 is 0 Å². The molecule has 1 aliphatic rings. The molecule has 1 aliphatic carbocycles. The van der Waals surface area contributed by atoms with Crippen molar-refractivity contribution < 1.29 is 0 Å². The molecule has 1 aromatic heterocycles. The summed E-state index contributed by atoms with van der Waals surface area (Å²) in [6.45, 7) is 6.81. The Morgan fingerprint density at radius 1 is 1.44 bits per heavy atom. The van der Waals surface area contributed by atoms with Crippen LogP contribution in [0.15, 0.2) is 18.3 Å². The summed E-state index contributed by atoms with van der Waals surface area (Å²) in [7, 11) is 0. The predicted molar refractivity (Wildman–Crippen MR) is 68.6 cm³/mol. The number of anilines is 1. The molecule has 1 aromatic rings. The highest BCUT2D eigenvalue weighted by Crippen LogP contribution is 2.36. The lowest BCUT2D eigenvalue weighted by Gasteiger charge is -2.36. The second-order valence-electron chi connectivity index (χ2n) is 5.74. The van der Waals surface area contributed by atoms with Crippen LogP contribution in [-0.2, 0) is 0 Å². The Kier molecular flexibility index (Phi) is 3.17. The van der Waals surface area contributed by atoms with Gasteiger partial charge in [-0.15, -0.1) is 0 Å². The van der Waals surface area contributed by atoms with E-state index in [9.17, 15) is 0 Å². The molecule has 1 N–H and O–H groups in total. The third-order valence-electron chi connectivity index (χ3n) is 3.57. The number of pyridine rings is 1. The molecule has 1 fully saturated rings. The first-order valence-corrected chi connectivity index (χ1v) is 6.25. The van der Waals surface area contributed by atoms with Crippen LogP contribution in [0.3, 0.4) is 0 Å². The van der Waals surface area contributed by atoms with E-state index in [0.29, 0.717) is 11.5 Å². The number of nitrogens with one attached hydrogen (secondary N) is 1. The second kappa shape index (κ2) is 4.44. The van der Waals surface area contributed by atoms with Gasteiger partial charge in [-0.2, -0.15) is 0 Å². The highest BCUT2D eigenvalue weighted by Gasteiger charge is 2.27. The number of hydrogen-bond donors (Lipinski definition) is 1. The summed E-state index contributed by atoms with van der Waals surface area (Å²) in [5.74, 6) is 0. The fraction of sp³-hybridized carbons (Fsp3) is 0.643. The van der Waals surface area contributed by atoms with Gasteiger partial charge in [0.2, 0.25) is 0 Å². The number of nitrogens with zero attached hydrogens (tertiary/aromatic N) is 1. The van der Waals surface area contributed by atoms with E-state index in [1.54, 1.807) is 0 Å². The summed E-state index contributed by atoms with van der Waals surface area (Å²) in [5, 5.41) is 3.64. The van der Waals surface area contributed by atoms with Crippen LogP contribution in [0.2, 0.25) is 0 Å². The number of rotatable bonds is 2. The highest BCUT2D eigenvalue weighted by atomic mass is 14.9. The number of hydrogen-bond acceptors (Lipinski definition) is 2. The van der Waals surface area contributed by atoms with Gasteiger partial charge in [0.15, 0.2) is 0 Å². The van der Waals surface area contributed by atoms with Crippen molar-refractivity contribution >= 4 is 5.69 Å². The Labute approximate surface area is 98.5 Å². The molecule has 2 heteroatoms. The summed E-state index contributed by atoms with van der Waals surface area (Å²) < 4.78 is 0. The topological polar surface area (TPSA) is 24.9 Å². The van der Waals surface area contributed by atoms with Crippen LogP contribution in [0.5, 0.6) is 0 Å². The van der Waals surface area contributed by atoms with Crippen molar-refractivity contribution in [3.63, 3.8) is 0 Å². The van der Waals surface area contributed by atoms with Crippen molar-refractivity contribution in [2.24, 2.45) is 5.41 Å². The summed E-state index contributed by atoms with van der Waals surface area (Å²) >= 11 is 0. The Morgan fingerprint density at radius 2 is 2.25 bits per heavy atom. The SMILES string of the molecule is Cc1ncccc1NC1CCCC(C)(C)C1. The molecule has 0 spiro atoms. The average Bonchev–Trinajstić information content (AvgIpc) is 2.20. The lowest BCUT2D eigenvalue weighted by atomic mass is 9.75. The van der Waals surface area contributed by atoms with Gasteiger partial charge in [-0.25, -0.2) is 0 Å². The van der Waals surface area contributed by atoms with Gasteiger partial charge in [0.1, 0.15) is 0 Å².